The summed E-state index contributed by atoms with van der Waals surface area (Å²) in [5.74, 6) is -0.385. The Morgan fingerprint density at radius 3 is 2.71 bits per heavy atom. The van der Waals surface area contributed by atoms with Gasteiger partial charge in [0.2, 0.25) is 0 Å². The summed E-state index contributed by atoms with van der Waals surface area (Å²) in [7, 11) is 0. The van der Waals surface area contributed by atoms with Gasteiger partial charge in [0.05, 0.1) is 17.9 Å². The average molecular weight is 304 g/mol. The van der Waals surface area contributed by atoms with Gasteiger partial charge in [0.25, 0.3) is 5.91 Å². The van der Waals surface area contributed by atoms with Gasteiger partial charge >= 0.3 is 0 Å². The number of nitrogens with zero attached hydrogens (tertiary/aromatic N) is 1. The number of nitrogens with two attached hydrogens (primary N) is 1. The van der Waals surface area contributed by atoms with E-state index >= 15 is 0 Å². The van der Waals surface area contributed by atoms with E-state index in [0.29, 0.717) is 10.2 Å². The van der Waals surface area contributed by atoms with Crippen molar-refractivity contribution in [1.82, 2.24) is 5.32 Å². The first kappa shape index (κ1) is 13.6. The van der Waals surface area contributed by atoms with Crippen LogP contribution in [0.15, 0.2) is 26.6 Å². The summed E-state index contributed by atoms with van der Waals surface area (Å²) < 4.78 is 5.30. The van der Waals surface area contributed by atoms with Crippen LogP contribution in [0.2, 0.25) is 0 Å². The SMILES string of the molecule is CC(C)C(NC(=O)c1ccoc1Br)/C(N)=N/O. The quantitative estimate of drug-likeness (QED) is 0.340. The molecule has 17 heavy (non-hydrogen) atoms. The molecule has 1 rings (SSSR count). The Hall–Kier alpha value is -1.50. The number of rotatable bonds is 4. The van der Waals surface area contributed by atoms with Gasteiger partial charge in [-0.25, -0.2) is 0 Å². The van der Waals surface area contributed by atoms with E-state index < -0.39 is 6.04 Å². The molecule has 4 N–H and O–H groups in total. The highest BCUT2D eigenvalue weighted by Crippen LogP contribution is 2.17. The van der Waals surface area contributed by atoms with Crippen molar-refractivity contribution < 1.29 is 14.4 Å². The topological polar surface area (TPSA) is 101 Å². The third kappa shape index (κ3) is 3.23. The molecule has 0 saturated carbocycles. The molecule has 94 valence electrons. The van der Waals surface area contributed by atoms with Crippen LogP contribution in [0.5, 0.6) is 0 Å². The summed E-state index contributed by atoms with van der Waals surface area (Å²) >= 11 is 3.11. The summed E-state index contributed by atoms with van der Waals surface area (Å²) in [5.41, 5.74) is 5.87. The second-order valence-corrected chi connectivity index (χ2v) is 4.55. The Bertz CT molecular complexity index is 428. The second-order valence-electron chi connectivity index (χ2n) is 3.83. The molecule has 1 atom stereocenters. The first-order chi connectivity index (χ1) is 7.97. The van der Waals surface area contributed by atoms with Crippen LogP contribution < -0.4 is 11.1 Å². The third-order valence-corrected chi connectivity index (χ3v) is 2.86. The number of amidine groups is 1. The van der Waals surface area contributed by atoms with Crippen LogP contribution in [-0.2, 0) is 0 Å². The van der Waals surface area contributed by atoms with E-state index in [1.54, 1.807) is 0 Å². The number of hydrogen-bond donors (Lipinski definition) is 3. The highest BCUT2D eigenvalue weighted by molar-refractivity contribution is 9.10. The number of nitrogens with one attached hydrogen (secondary N) is 1. The van der Waals surface area contributed by atoms with Gasteiger partial charge in [-0.2, -0.15) is 0 Å². The summed E-state index contributed by atoms with van der Waals surface area (Å²) in [6, 6.07) is 0.998. The minimum atomic E-state index is -0.533. The normalized spacial score (nSPS) is 13.8. The fourth-order valence-corrected chi connectivity index (χ4v) is 1.74. The second kappa shape index (κ2) is 5.72. The lowest BCUT2D eigenvalue weighted by Crippen LogP contribution is -2.47. The minimum Gasteiger partial charge on any atom is -0.457 e. The summed E-state index contributed by atoms with van der Waals surface area (Å²) in [4.78, 5) is 11.9. The minimum absolute atomic E-state index is 0.000488. The summed E-state index contributed by atoms with van der Waals surface area (Å²) in [6.07, 6.45) is 1.40. The van der Waals surface area contributed by atoms with Crippen molar-refractivity contribution in [1.29, 1.82) is 0 Å². The number of furan rings is 1. The number of carbonyl (C=O) groups is 1. The maximum Gasteiger partial charge on any atom is 0.256 e. The fourth-order valence-electron chi connectivity index (χ4n) is 1.32. The predicted molar refractivity (Wildman–Crippen MR) is 65.9 cm³/mol. The molecule has 0 bridgehead atoms. The van der Waals surface area contributed by atoms with Gasteiger partial charge in [0, 0.05) is 0 Å². The highest BCUT2D eigenvalue weighted by Gasteiger charge is 2.23. The molecule has 0 fully saturated rings. The zero-order valence-corrected chi connectivity index (χ0v) is 11.1. The van der Waals surface area contributed by atoms with Gasteiger partial charge in [0.1, 0.15) is 0 Å². The van der Waals surface area contributed by atoms with Crippen molar-refractivity contribution in [2.24, 2.45) is 16.8 Å². The molecule has 0 aliphatic heterocycles. The maximum absolute atomic E-state index is 11.9. The molecule has 1 heterocycles. The Balaban J connectivity index is 2.82. The molecule has 0 saturated heterocycles. The lowest BCUT2D eigenvalue weighted by molar-refractivity contribution is 0.0937. The first-order valence-corrected chi connectivity index (χ1v) is 5.78. The zero-order chi connectivity index (χ0) is 13.0. The number of amides is 1. The number of hydrogen-bond acceptors (Lipinski definition) is 4. The van der Waals surface area contributed by atoms with Crippen molar-refractivity contribution in [3.8, 4) is 0 Å². The maximum atomic E-state index is 11.9. The Morgan fingerprint density at radius 2 is 2.29 bits per heavy atom. The highest BCUT2D eigenvalue weighted by atomic mass is 79.9. The van der Waals surface area contributed by atoms with Crippen molar-refractivity contribution >= 4 is 27.7 Å². The van der Waals surface area contributed by atoms with Gasteiger partial charge in [0.15, 0.2) is 10.5 Å². The van der Waals surface area contributed by atoms with Crippen LogP contribution in [-0.4, -0.2) is 23.0 Å². The molecular weight excluding hydrogens is 290 g/mol. The zero-order valence-electron chi connectivity index (χ0n) is 9.48. The van der Waals surface area contributed by atoms with Crippen molar-refractivity contribution in [2.45, 2.75) is 19.9 Å². The van der Waals surface area contributed by atoms with Crippen LogP contribution >= 0.6 is 15.9 Å². The number of carbonyl (C=O) groups excluding carboxylic acids is 1. The molecule has 7 heteroatoms. The van der Waals surface area contributed by atoms with E-state index in [1.807, 2.05) is 13.8 Å². The molecule has 0 spiro atoms. The molecule has 1 unspecified atom stereocenters. The summed E-state index contributed by atoms with van der Waals surface area (Å²) in [6.45, 7) is 3.71. The van der Waals surface area contributed by atoms with Crippen LogP contribution in [0.3, 0.4) is 0 Å². The van der Waals surface area contributed by atoms with Crippen LogP contribution in [0.25, 0.3) is 0 Å². The van der Waals surface area contributed by atoms with Gasteiger partial charge in [-0.3, -0.25) is 4.79 Å². The van der Waals surface area contributed by atoms with Crippen molar-refractivity contribution in [2.75, 3.05) is 0 Å². The first-order valence-electron chi connectivity index (χ1n) is 4.98. The predicted octanol–water partition coefficient (Wildman–Crippen LogP) is 1.54. The van der Waals surface area contributed by atoms with E-state index in [1.165, 1.54) is 12.3 Å². The van der Waals surface area contributed by atoms with Gasteiger partial charge < -0.3 is 20.7 Å². The lowest BCUT2D eigenvalue weighted by atomic mass is 10.0. The van der Waals surface area contributed by atoms with Crippen molar-refractivity contribution in [3.05, 3.63) is 22.6 Å². The molecule has 0 aliphatic carbocycles. The monoisotopic (exact) mass is 303 g/mol. The van der Waals surface area contributed by atoms with E-state index in [-0.39, 0.29) is 17.7 Å². The largest absolute Gasteiger partial charge is 0.457 e. The molecule has 1 amide bonds. The van der Waals surface area contributed by atoms with Gasteiger partial charge in [-0.15, -0.1) is 0 Å². The molecule has 0 aliphatic rings. The fraction of sp³-hybridized carbons (Fsp3) is 0.400. The van der Waals surface area contributed by atoms with E-state index in [0.717, 1.165) is 0 Å². The molecule has 6 nitrogen and oxygen atoms in total. The number of oxime groups is 1. The van der Waals surface area contributed by atoms with Gasteiger partial charge in [-0.1, -0.05) is 19.0 Å². The Labute approximate surface area is 107 Å². The average Bonchev–Trinajstić information content (AvgIpc) is 2.70. The van der Waals surface area contributed by atoms with Gasteiger partial charge in [-0.05, 0) is 27.9 Å². The molecular formula is C10H14BrN3O3. The Morgan fingerprint density at radius 1 is 1.65 bits per heavy atom. The van der Waals surface area contributed by atoms with Crippen LogP contribution in [0, 0.1) is 5.92 Å². The standard InChI is InChI=1S/C10H14BrN3O3/c1-5(2)7(9(12)14-16)13-10(15)6-3-4-17-8(6)11/h3-5,7,16H,1-2H3,(H2,12,14)(H,13,15). The molecule has 0 aromatic carbocycles. The smallest absolute Gasteiger partial charge is 0.256 e. The molecule has 1 aromatic rings. The van der Waals surface area contributed by atoms with Crippen LogP contribution in [0.4, 0.5) is 0 Å². The Kier molecular flexibility index (Phi) is 4.56. The molecule has 0 radical (unpaired) electrons. The van der Waals surface area contributed by atoms with Crippen molar-refractivity contribution in [3.63, 3.8) is 0 Å². The molecule has 1 aromatic heterocycles. The van der Waals surface area contributed by atoms with E-state index in [9.17, 15) is 4.79 Å². The third-order valence-electron chi connectivity index (χ3n) is 2.25. The number of halogens is 1. The van der Waals surface area contributed by atoms with E-state index in [4.69, 9.17) is 15.4 Å². The lowest BCUT2D eigenvalue weighted by Gasteiger charge is -2.20. The summed E-state index contributed by atoms with van der Waals surface area (Å²) in [5, 5.41) is 14.2. The van der Waals surface area contributed by atoms with E-state index in [2.05, 4.69) is 26.4 Å². The van der Waals surface area contributed by atoms with Crippen LogP contribution in [0.1, 0.15) is 24.2 Å².